The van der Waals surface area contributed by atoms with Crippen molar-refractivity contribution in [3.8, 4) is 5.75 Å². The van der Waals surface area contributed by atoms with Crippen LogP contribution in [0, 0.1) is 0 Å². The Morgan fingerprint density at radius 3 is 2.67 bits per heavy atom. The van der Waals surface area contributed by atoms with Gasteiger partial charge in [-0.05, 0) is 25.1 Å². The second kappa shape index (κ2) is 4.39. The van der Waals surface area contributed by atoms with Gasteiger partial charge in [-0.2, -0.15) is 0 Å². The van der Waals surface area contributed by atoms with E-state index in [0.717, 1.165) is 0 Å². The molecule has 3 N–H and O–H groups in total. The molecule has 1 aromatic carbocycles. The molecule has 0 aliphatic carbocycles. The number of nitrogens with one attached hydrogen (secondary N) is 1. The first-order valence-corrected chi connectivity index (χ1v) is 6.07. The zero-order valence-electron chi connectivity index (χ0n) is 8.65. The number of hydrogen-bond donors (Lipinski definition) is 2. The van der Waals surface area contributed by atoms with Gasteiger partial charge in [0.05, 0.1) is 18.6 Å². The SMILES string of the molecule is CCS(=O)(=O)Nc1cc(N)ccc1OC. The van der Waals surface area contributed by atoms with Crippen LogP contribution in [0.15, 0.2) is 18.2 Å². The Morgan fingerprint density at radius 2 is 2.13 bits per heavy atom. The van der Waals surface area contributed by atoms with Gasteiger partial charge in [-0.1, -0.05) is 0 Å². The molecule has 0 heterocycles. The van der Waals surface area contributed by atoms with Crippen molar-refractivity contribution < 1.29 is 13.2 Å². The highest BCUT2D eigenvalue weighted by Crippen LogP contribution is 2.27. The van der Waals surface area contributed by atoms with E-state index in [4.69, 9.17) is 10.5 Å². The van der Waals surface area contributed by atoms with Gasteiger partial charge >= 0.3 is 0 Å². The average Bonchev–Trinajstić information content (AvgIpc) is 2.18. The molecule has 5 nitrogen and oxygen atoms in total. The molecule has 1 aromatic rings. The van der Waals surface area contributed by atoms with Gasteiger partial charge in [0.25, 0.3) is 0 Å². The van der Waals surface area contributed by atoms with E-state index < -0.39 is 10.0 Å². The summed E-state index contributed by atoms with van der Waals surface area (Å²) in [6.07, 6.45) is 0. The monoisotopic (exact) mass is 230 g/mol. The van der Waals surface area contributed by atoms with E-state index in [1.54, 1.807) is 19.1 Å². The first-order valence-electron chi connectivity index (χ1n) is 4.42. The van der Waals surface area contributed by atoms with Crippen molar-refractivity contribution in [3.05, 3.63) is 18.2 Å². The van der Waals surface area contributed by atoms with E-state index in [-0.39, 0.29) is 5.75 Å². The molecule has 0 fully saturated rings. The summed E-state index contributed by atoms with van der Waals surface area (Å²) in [4.78, 5) is 0. The Bertz CT molecular complexity index is 443. The summed E-state index contributed by atoms with van der Waals surface area (Å²) in [5, 5.41) is 0. The van der Waals surface area contributed by atoms with Crippen LogP contribution in [0.1, 0.15) is 6.92 Å². The number of ether oxygens (including phenoxy) is 1. The summed E-state index contributed by atoms with van der Waals surface area (Å²) in [6.45, 7) is 1.56. The Hall–Kier alpha value is -1.43. The minimum atomic E-state index is -3.31. The van der Waals surface area contributed by atoms with Crippen LogP contribution < -0.4 is 15.2 Å². The summed E-state index contributed by atoms with van der Waals surface area (Å²) in [5.74, 6) is 0.450. The number of rotatable bonds is 4. The van der Waals surface area contributed by atoms with Crippen LogP contribution in [-0.4, -0.2) is 21.3 Å². The van der Waals surface area contributed by atoms with Crippen LogP contribution in [0.2, 0.25) is 0 Å². The molecule has 0 radical (unpaired) electrons. The number of anilines is 2. The lowest BCUT2D eigenvalue weighted by Crippen LogP contribution is -2.15. The zero-order chi connectivity index (χ0) is 11.5. The van der Waals surface area contributed by atoms with Crippen molar-refractivity contribution in [3.63, 3.8) is 0 Å². The van der Waals surface area contributed by atoms with Gasteiger partial charge in [-0.25, -0.2) is 8.42 Å². The van der Waals surface area contributed by atoms with E-state index in [1.165, 1.54) is 13.2 Å². The molecule has 1 rings (SSSR count). The molecule has 84 valence electrons. The first kappa shape index (κ1) is 11.6. The number of sulfonamides is 1. The quantitative estimate of drug-likeness (QED) is 0.757. The maximum atomic E-state index is 11.3. The van der Waals surface area contributed by atoms with E-state index in [9.17, 15) is 8.42 Å². The lowest BCUT2D eigenvalue weighted by atomic mass is 10.2. The van der Waals surface area contributed by atoms with Crippen molar-refractivity contribution in [1.82, 2.24) is 0 Å². The number of hydrogen-bond acceptors (Lipinski definition) is 4. The van der Waals surface area contributed by atoms with Gasteiger partial charge in [-0.15, -0.1) is 0 Å². The Kier molecular flexibility index (Phi) is 3.41. The molecular weight excluding hydrogens is 216 g/mol. The predicted molar refractivity (Wildman–Crippen MR) is 60.5 cm³/mol. The summed E-state index contributed by atoms with van der Waals surface area (Å²) >= 11 is 0. The highest BCUT2D eigenvalue weighted by Gasteiger charge is 2.10. The second-order valence-corrected chi connectivity index (χ2v) is 4.98. The van der Waals surface area contributed by atoms with Crippen molar-refractivity contribution in [2.24, 2.45) is 0 Å². The predicted octanol–water partition coefficient (Wildman–Crippen LogP) is 1.04. The third-order valence-corrected chi connectivity index (χ3v) is 3.16. The van der Waals surface area contributed by atoms with Gasteiger partial charge in [0.2, 0.25) is 10.0 Å². The fourth-order valence-electron chi connectivity index (χ4n) is 1.05. The van der Waals surface area contributed by atoms with Crippen molar-refractivity contribution in [2.75, 3.05) is 23.3 Å². The van der Waals surface area contributed by atoms with Crippen LogP contribution in [0.3, 0.4) is 0 Å². The van der Waals surface area contributed by atoms with Crippen molar-refractivity contribution in [1.29, 1.82) is 0 Å². The summed E-state index contributed by atoms with van der Waals surface area (Å²) in [6, 6.07) is 4.78. The van der Waals surface area contributed by atoms with Crippen LogP contribution in [0.4, 0.5) is 11.4 Å². The second-order valence-electron chi connectivity index (χ2n) is 2.97. The summed E-state index contributed by atoms with van der Waals surface area (Å²) in [5.41, 5.74) is 6.39. The van der Waals surface area contributed by atoms with Gasteiger partial charge in [0.1, 0.15) is 5.75 Å². The van der Waals surface area contributed by atoms with Gasteiger partial charge < -0.3 is 10.5 Å². The molecule has 0 amide bonds. The molecule has 0 saturated carbocycles. The Morgan fingerprint density at radius 1 is 1.47 bits per heavy atom. The minimum absolute atomic E-state index is 0.00491. The number of methoxy groups -OCH3 is 1. The average molecular weight is 230 g/mol. The standard InChI is InChI=1S/C9H14N2O3S/c1-3-15(12,13)11-8-6-7(10)4-5-9(8)14-2/h4-6,11H,3,10H2,1-2H3. The molecule has 0 atom stereocenters. The van der Waals surface area contributed by atoms with Gasteiger partial charge in [-0.3, -0.25) is 4.72 Å². The van der Waals surface area contributed by atoms with Crippen molar-refractivity contribution >= 4 is 21.4 Å². The summed E-state index contributed by atoms with van der Waals surface area (Å²) in [7, 11) is -1.84. The van der Waals surface area contributed by atoms with Crippen molar-refractivity contribution in [2.45, 2.75) is 6.92 Å². The molecule has 0 saturated heterocycles. The maximum Gasteiger partial charge on any atom is 0.232 e. The molecule has 0 unspecified atom stereocenters. The first-order chi connectivity index (χ1) is 6.98. The Balaban J connectivity index is 3.08. The number of benzene rings is 1. The number of nitrogens with two attached hydrogens (primary N) is 1. The fraction of sp³-hybridized carbons (Fsp3) is 0.333. The molecule has 6 heteroatoms. The van der Waals surface area contributed by atoms with Gasteiger partial charge in [0.15, 0.2) is 0 Å². The topological polar surface area (TPSA) is 81.4 Å². The lowest BCUT2D eigenvalue weighted by Gasteiger charge is -2.11. The van der Waals surface area contributed by atoms with E-state index >= 15 is 0 Å². The third-order valence-electron chi connectivity index (χ3n) is 1.87. The molecule has 0 aliphatic rings. The normalized spacial score (nSPS) is 11.1. The van der Waals surface area contributed by atoms with E-state index in [2.05, 4.69) is 4.72 Å². The fourth-order valence-corrected chi connectivity index (χ4v) is 1.68. The largest absolute Gasteiger partial charge is 0.495 e. The lowest BCUT2D eigenvalue weighted by molar-refractivity contribution is 0.417. The van der Waals surface area contributed by atoms with Crippen LogP contribution >= 0.6 is 0 Å². The molecule has 0 aromatic heterocycles. The van der Waals surface area contributed by atoms with E-state index in [1.807, 2.05) is 0 Å². The minimum Gasteiger partial charge on any atom is -0.495 e. The molecule has 15 heavy (non-hydrogen) atoms. The molecule has 0 bridgehead atoms. The third kappa shape index (κ3) is 3.02. The zero-order valence-corrected chi connectivity index (χ0v) is 9.47. The highest BCUT2D eigenvalue weighted by molar-refractivity contribution is 7.92. The van der Waals surface area contributed by atoms with Gasteiger partial charge in [0, 0.05) is 5.69 Å². The smallest absolute Gasteiger partial charge is 0.232 e. The maximum absolute atomic E-state index is 11.3. The molecule has 0 spiro atoms. The number of nitrogen functional groups attached to an aromatic ring is 1. The highest BCUT2D eigenvalue weighted by atomic mass is 32.2. The Labute approximate surface area is 89.3 Å². The van der Waals surface area contributed by atoms with Crippen LogP contribution in [0.25, 0.3) is 0 Å². The van der Waals surface area contributed by atoms with Crippen LogP contribution in [0.5, 0.6) is 5.75 Å². The molecule has 0 aliphatic heterocycles. The summed E-state index contributed by atoms with van der Waals surface area (Å²) < 4.78 is 30.1. The molecular formula is C9H14N2O3S. The van der Waals surface area contributed by atoms with Crippen LogP contribution in [-0.2, 0) is 10.0 Å². The van der Waals surface area contributed by atoms with E-state index in [0.29, 0.717) is 17.1 Å².